The minimum Gasteiger partial charge on any atom is -0.378 e. The summed E-state index contributed by atoms with van der Waals surface area (Å²) in [6.07, 6.45) is 0.350. The minimum atomic E-state index is -0.305. The number of aryl methyl sites for hydroxylation is 2. The van der Waals surface area contributed by atoms with Crippen LogP contribution in [0.5, 0.6) is 0 Å². The van der Waals surface area contributed by atoms with Crippen LogP contribution in [0.4, 0.5) is 15.8 Å². The van der Waals surface area contributed by atoms with Crippen LogP contribution >= 0.6 is 0 Å². The van der Waals surface area contributed by atoms with Gasteiger partial charge in [-0.25, -0.2) is 4.39 Å². The number of anilines is 2. The van der Waals surface area contributed by atoms with Crippen LogP contribution in [0.2, 0.25) is 0 Å². The van der Waals surface area contributed by atoms with Gasteiger partial charge in [0.2, 0.25) is 23.5 Å². The Morgan fingerprint density at radius 3 is 2.60 bits per heavy atom. The first-order chi connectivity index (χ1) is 16.9. The average Bonchev–Trinajstić information content (AvgIpc) is 3.34. The van der Waals surface area contributed by atoms with Crippen LogP contribution in [0.1, 0.15) is 17.9 Å². The molecule has 0 saturated carbocycles. The summed E-state index contributed by atoms with van der Waals surface area (Å²) in [6.45, 7) is 4.69. The minimum absolute atomic E-state index is 0.0754. The van der Waals surface area contributed by atoms with Crippen molar-refractivity contribution < 1.29 is 23.2 Å². The highest BCUT2D eigenvalue weighted by atomic mass is 19.1. The zero-order valence-corrected chi connectivity index (χ0v) is 19.8. The van der Waals surface area contributed by atoms with Crippen LogP contribution in [-0.2, 0) is 20.7 Å². The molecule has 1 aliphatic rings. The van der Waals surface area contributed by atoms with Crippen molar-refractivity contribution in [3.8, 4) is 11.4 Å². The Kier molecular flexibility index (Phi) is 7.71. The number of halogens is 1. The van der Waals surface area contributed by atoms with Crippen LogP contribution in [-0.4, -0.2) is 66.8 Å². The van der Waals surface area contributed by atoms with Crippen molar-refractivity contribution in [2.24, 2.45) is 0 Å². The van der Waals surface area contributed by atoms with Crippen molar-refractivity contribution in [3.63, 3.8) is 0 Å². The van der Waals surface area contributed by atoms with E-state index < -0.39 is 0 Å². The predicted molar refractivity (Wildman–Crippen MR) is 128 cm³/mol. The van der Waals surface area contributed by atoms with Crippen LogP contribution in [0, 0.1) is 12.7 Å². The third-order valence-corrected chi connectivity index (χ3v) is 5.77. The first kappa shape index (κ1) is 24.3. The normalized spacial score (nSPS) is 13.5. The van der Waals surface area contributed by atoms with Gasteiger partial charge in [-0.05, 0) is 55.0 Å². The SMILES string of the molecule is Cc1cc(-c2noc(CCC(=O)N(C)CC(=O)Nc3ccc(N4CCOCC4)cc3)n2)ccc1F. The molecule has 0 radical (unpaired) electrons. The van der Waals surface area contributed by atoms with Crippen molar-refractivity contribution in [1.82, 2.24) is 15.0 Å². The number of rotatable bonds is 8. The van der Waals surface area contributed by atoms with E-state index in [-0.39, 0.29) is 37.0 Å². The molecular weight excluding hydrogens is 453 g/mol. The predicted octanol–water partition coefficient (Wildman–Crippen LogP) is 3.05. The van der Waals surface area contributed by atoms with Crippen LogP contribution in [0.3, 0.4) is 0 Å². The lowest BCUT2D eigenvalue weighted by atomic mass is 10.1. The Bertz CT molecular complexity index is 1170. The molecule has 9 nitrogen and oxygen atoms in total. The molecule has 10 heteroatoms. The molecule has 2 heterocycles. The van der Waals surface area contributed by atoms with Crippen molar-refractivity contribution in [1.29, 1.82) is 0 Å². The maximum Gasteiger partial charge on any atom is 0.243 e. The molecule has 0 spiro atoms. The fraction of sp³-hybridized carbons (Fsp3) is 0.360. The maximum absolute atomic E-state index is 13.5. The standard InChI is InChI=1S/C25H28FN5O4/c1-17-15-18(3-8-21(17)26)25-28-23(35-29-25)9-10-24(33)30(2)16-22(32)27-19-4-6-20(7-5-19)31-11-13-34-14-12-31/h3-8,15H,9-14,16H2,1-2H3,(H,27,32). The molecule has 0 unspecified atom stereocenters. The van der Waals surface area contributed by atoms with Gasteiger partial charge < -0.3 is 24.4 Å². The van der Waals surface area contributed by atoms with Crippen molar-refractivity contribution in [2.75, 3.05) is 50.1 Å². The van der Waals surface area contributed by atoms with Gasteiger partial charge in [-0.15, -0.1) is 0 Å². The van der Waals surface area contributed by atoms with E-state index in [1.54, 1.807) is 26.1 Å². The molecule has 0 atom stereocenters. The summed E-state index contributed by atoms with van der Waals surface area (Å²) < 4.78 is 24.0. The molecule has 35 heavy (non-hydrogen) atoms. The van der Waals surface area contributed by atoms with E-state index in [4.69, 9.17) is 9.26 Å². The maximum atomic E-state index is 13.5. The topological polar surface area (TPSA) is 101 Å². The number of carbonyl (C=O) groups excluding carboxylic acids is 2. The van der Waals surface area contributed by atoms with E-state index in [0.717, 1.165) is 18.8 Å². The molecule has 1 aliphatic heterocycles. The van der Waals surface area contributed by atoms with Gasteiger partial charge in [0.05, 0.1) is 19.8 Å². The summed E-state index contributed by atoms with van der Waals surface area (Å²) in [5, 5.41) is 6.72. The Morgan fingerprint density at radius 1 is 1.14 bits per heavy atom. The summed E-state index contributed by atoms with van der Waals surface area (Å²) in [5.74, 6) is -0.177. The Balaban J connectivity index is 1.23. The van der Waals surface area contributed by atoms with Crippen molar-refractivity contribution in [3.05, 3.63) is 59.7 Å². The molecule has 3 aromatic rings. The summed E-state index contributed by atoms with van der Waals surface area (Å²) >= 11 is 0. The van der Waals surface area contributed by atoms with Crippen LogP contribution < -0.4 is 10.2 Å². The first-order valence-corrected chi connectivity index (χ1v) is 11.4. The van der Waals surface area contributed by atoms with Gasteiger partial charge in [0, 0.05) is 49.9 Å². The number of ether oxygens (including phenoxy) is 1. The summed E-state index contributed by atoms with van der Waals surface area (Å²) in [5.41, 5.74) is 2.87. The van der Waals surface area contributed by atoms with Gasteiger partial charge in [-0.3, -0.25) is 9.59 Å². The molecule has 2 aromatic carbocycles. The number of hydrogen-bond donors (Lipinski definition) is 1. The van der Waals surface area contributed by atoms with Crippen molar-refractivity contribution in [2.45, 2.75) is 19.8 Å². The van der Waals surface area contributed by atoms with Gasteiger partial charge in [-0.2, -0.15) is 4.98 Å². The lowest BCUT2D eigenvalue weighted by molar-refractivity contribution is -0.133. The highest BCUT2D eigenvalue weighted by molar-refractivity contribution is 5.94. The number of nitrogens with one attached hydrogen (secondary N) is 1. The fourth-order valence-electron chi connectivity index (χ4n) is 3.74. The molecule has 0 aliphatic carbocycles. The van der Waals surface area contributed by atoms with Gasteiger partial charge in [-0.1, -0.05) is 5.16 Å². The first-order valence-electron chi connectivity index (χ1n) is 11.4. The van der Waals surface area contributed by atoms with E-state index in [1.165, 1.54) is 11.0 Å². The van der Waals surface area contributed by atoms with Gasteiger partial charge >= 0.3 is 0 Å². The Hall–Kier alpha value is -3.79. The second kappa shape index (κ2) is 11.1. The van der Waals surface area contributed by atoms with E-state index in [9.17, 15) is 14.0 Å². The molecule has 1 aromatic heterocycles. The number of hydrogen-bond acceptors (Lipinski definition) is 7. The number of nitrogens with zero attached hydrogens (tertiary/aromatic N) is 4. The van der Waals surface area contributed by atoms with Crippen LogP contribution in [0.15, 0.2) is 47.0 Å². The zero-order valence-electron chi connectivity index (χ0n) is 19.8. The third-order valence-electron chi connectivity index (χ3n) is 5.77. The molecule has 1 saturated heterocycles. The monoisotopic (exact) mass is 481 g/mol. The Labute approximate surface area is 202 Å². The lowest BCUT2D eigenvalue weighted by Crippen LogP contribution is -2.36. The second-order valence-electron chi connectivity index (χ2n) is 8.42. The number of amides is 2. The van der Waals surface area contributed by atoms with Gasteiger partial charge in [0.1, 0.15) is 5.82 Å². The van der Waals surface area contributed by atoms with Crippen molar-refractivity contribution >= 4 is 23.2 Å². The number of carbonyl (C=O) groups is 2. The molecule has 184 valence electrons. The quantitative estimate of drug-likeness (QED) is 0.528. The summed E-state index contributed by atoms with van der Waals surface area (Å²) in [7, 11) is 1.57. The zero-order chi connectivity index (χ0) is 24.8. The summed E-state index contributed by atoms with van der Waals surface area (Å²) in [4.78, 5) is 32.8. The lowest BCUT2D eigenvalue weighted by Gasteiger charge is -2.28. The number of aromatic nitrogens is 2. The molecule has 4 rings (SSSR count). The third kappa shape index (κ3) is 6.42. The Morgan fingerprint density at radius 2 is 1.89 bits per heavy atom. The average molecular weight is 482 g/mol. The van der Waals surface area contributed by atoms with E-state index >= 15 is 0 Å². The molecule has 2 amide bonds. The number of morpholine rings is 1. The smallest absolute Gasteiger partial charge is 0.243 e. The highest BCUT2D eigenvalue weighted by Crippen LogP contribution is 2.20. The number of likely N-dealkylation sites (N-methyl/N-ethyl adjacent to an activating group) is 1. The number of benzene rings is 2. The molecule has 0 bridgehead atoms. The van der Waals surface area contributed by atoms with E-state index in [0.29, 0.717) is 41.7 Å². The molecular formula is C25H28FN5O4. The van der Waals surface area contributed by atoms with Crippen LogP contribution in [0.25, 0.3) is 11.4 Å². The largest absolute Gasteiger partial charge is 0.378 e. The molecule has 1 fully saturated rings. The molecule has 1 N–H and O–H groups in total. The second-order valence-corrected chi connectivity index (χ2v) is 8.42. The fourth-order valence-corrected chi connectivity index (χ4v) is 3.74. The van der Waals surface area contributed by atoms with E-state index in [2.05, 4.69) is 20.4 Å². The van der Waals surface area contributed by atoms with Gasteiger partial charge in [0.15, 0.2) is 0 Å². The van der Waals surface area contributed by atoms with E-state index in [1.807, 2.05) is 24.3 Å². The summed E-state index contributed by atoms with van der Waals surface area (Å²) in [6, 6.07) is 12.2. The van der Waals surface area contributed by atoms with Gasteiger partial charge in [0.25, 0.3) is 0 Å². The highest BCUT2D eigenvalue weighted by Gasteiger charge is 2.17.